The van der Waals surface area contributed by atoms with Gasteiger partial charge in [0.2, 0.25) is 0 Å². The van der Waals surface area contributed by atoms with Gasteiger partial charge < -0.3 is 5.32 Å². The van der Waals surface area contributed by atoms with E-state index < -0.39 is 0 Å². The maximum Gasteiger partial charge on any atom is -0.00462 e. The molecule has 1 aromatic rings. The van der Waals surface area contributed by atoms with Crippen LogP contribution in [0.2, 0.25) is 0 Å². The first-order chi connectivity index (χ1) is 8.25. The van der Waals surface area contributed by atoms with Crippen LogP contribution < -0.4 is 5.32 Å². The second-order valence-corrected chi connectivity index (χ2v) is 5.65. The molecule has 1 heteroatoms. The fraction of sp³-hybridized carbons (Fsp3) is 0.625. The minimum absolute atomic E-state index is 0.645. The lowest BCUT2D eigenvalue weighted by atomic mass is 9.91. The molecule has 1 nitrogen and oxygen atoms in total. The van der Waals surface area contributed by atoms with Gasteiger partial charge in [-0.25, -0.2) is 0 Å². The first-order valence-corrected chi connectivity index (χ1v) is 7.05. The molecule has 0 bridgehead atoms. The minimum atomic E-state index is 0.645. The van der Waals surface area contributed by atoms with Crippen molar-refractivity contribution in [3.63, 3.8) is 0 Å². The Morgan fingerprint density at radius 1 is 1.12 bits per heavy atom. The molecule has 1 aliphatic rings. The van der Waals surface area contributed by atoms with Crippen molar-refractivity contribution in [1.29, 1.82) is 0 Å². The Labute approximate surface area is 106 Å². The summed E-state index contributed by atoms with van der Waals surface area (Å²) in [7, 11) is 0. The van der Waals surface area contributed by atoms with Crippen LogP contribution in [0, 0.1) is 5.92 Å². The smallest absolute Gasteiger partial charge is 0.00462 e. The standard InChI is InChI=1S/C16H25N/c1-13(2)16-7-5-15(6-8-16)12-14-4-3-10-17-11-9-14/h5-8,13-14,17H,3-4,9-12H2,1-2H3. The van der Waals surface area contributed by atoms with Crippen molar-refractivity contribution in [2.24, 2.45) is 5.92 Å². The normalized spacial score (nSPS) is 21.5. The van der Waals surface area contributed by atoms with Crippen LogP contribution in [0.5, 0.6) is 0 Å². The Kier molecular flexibility index (Phi) is 4.61. The zero-order chi connectivity index (χ0) is 12.1. The molecule has 1 unspecified atom stereocenters. The second-order valence-electron chi connectivity index (χ2n) is 5.65. The van der Waals surface area contributed by atoms with Gasteiger partial charge in [0.05, 0.1) is 0 Å². The molecule has 1 aliphatic heterocycles. The van der Waals surface area contributed by atoms with E-state index in [1.54, 1.807) is 0 Å². The fourth-order valence-electron chi connectivity index (χ4n) is 2.67. The highest BCUT2D eigenvalue weighted by Gasteiger charge is 2.12. The number of nitrogens with one attached hydrogen (secondary N) is 1. The van der Waals surface area contributed by atoms with Crippen LogP contribution in [-0.2, 0) is 6.42 Å². The van der Waals surface area contributed by atoms with Crippen molar-refractivity contribution in [3.05, 3.63) is 35.4 Å². The van der Waals surface area contributed by atoms with Crippen molar-refractivity contribution < 1.29 is 0 Å². The third kappa shape index (κ3) is 3.85. The second kappa shape index (κ2) is 6.20. The summed E-state index contributed by atoms with van der Waals surface area (Å²) in [5.74, 6) is 1.53. The zero-order valence-electron chi connectivity index (χ0n) is 11.2. The van der Waals surface area contributed by atoms with E-state index in [0.29, 0.717) is 5.92 Å². The predicted octanol–water partition coefficient (Wildman–Crippen LogP) is 3.74. The summed E-state index contributed by atoms with van der Waals surface area (Å²) in [4.78, 5) is 0. The van der Waals surface area contributed by atoms with E-state index in [0.717, 1.165) is 5.92 Å². The first-order valence-electron chi connectivity index (χ1n) is 7.05. The summed E-state index contributed by atoms with van der Waals surface area (Å²) in [5, 5.41) is 3.49. The predicted molar refractivity (Wildman–Crippen MR) is 74.4 cm³/mol. The van der Waals surface area contributed by atoms with Crippen LogP contribution in [0.15, 0.2) is 24.3 Å². The van der Waals surface area contributed by atoms with Gasteiger partial charge in [-0.15, -0.1) is 0 Å². The molecule has 0 saturated carbocycles. The topological polar surface area (TPSA) is 12.0 Å². The van der Waals surface area contributed by atoms with Crippen molar-refractivity contribution in [1.82, 2.24) is 5.32 Å². The van der Waals surface area contributed by atoms with Gasteiger partial charge >= 0.3 is 0 Å². The molecular formula is C16H25N. The summed E-state index contributed by atoms with van der Waals surface area (Å²) < 4.78 is 0. The fourth-order valence-corrected chi connectivity index (χ4v) is 2.67. The number of rotatable bonds is 3. The number of hydrogen-bond donors (Lipinski definition) is 1. The Morgan fingerprint density at radius 3 is 2.59 bits per heavy atom. The summed E-state index contributed by atoms with van der Waals surface area (Å²) in [6, 6.07) is 9.26. The van der Waals surface area contributed by atoms with Gasteiger partial charge in [-0.3, -0.25) is 0 Å². The van der Waals surface area contributed by atoms with Crippen LogP contribution in [0.1, 0.15) is 50.2 Å². The van der Waals surface area contributed by atoms with Crippen LogP contribution in [0.25, 0.3) is 0 Å². The number of hydrogen-bond acceptors (Lipinski definition) is 1. The maximum atomic E-state index is 3.49. The summed E-state index contributed by atoms with van der Waals surface area (Å²) in [6.07, 6.45) is 5.33. The average Bonchev–Trinajstić information content (AvgIpc) is 2.58. The third-order valence-electron chi connectivity index (χ3n) is 3.87. The molecule has 1 fully saturated rings. The van der Waals surface area contributed by atoms with Crippen molar-refractivity contribution in [2.45, 2.75) is 45.4 Å². The van der Waals surface area contributed by atoms with E-state index >= 15 is 0 Å². The molecule has 0 aromatic heterocycles. The highest BCUT2D eigenvalue weighted by molar-refractivity contribution is 5.25. The monoisotopic (exact) mass is 231 g/mol. The molecule has 1 atom stereocenters. The molecule has 1 aromatic carbocycles. The Bertz CT molecular complexity index is 318. The molecule has 0 spiro atoms. The molecule has 0 radical (unpaired) electrons. The molecule has 1 saturated heterocycles. The molecule has 1 heterocycles. The van der Waals surface area contributed by atoms with E-state index in [1.807, 2.05) is 0 Å². The van der Waals surface area contributed by atoms with E-state index in [-0.39, 0.29) is 0 Å². The summed E-state index contributed by atoms with van der Waals surface area (Å²) in [6.45, 7) is 6.93. The van der Waals surface area contributed by atoms with Crippen molar-refractivity contribution in [3.8, 4) is 0 Å². The lowest BCUT2D eigenvalue weighted by Gasteiger charge is -2.14. The number of benzene rings is 1. The van der Waals surface area contributed by atoms with E-state index in [1.165, 1.54) is 49.9 Å². The highest BCUT2D eigenvalue weighted by Crippen LogP contribution is 2.21. The largest absolute Gasteiger partial charge is 0.317 e. The lowest BCUT2D eigenvalue weighted by Crippen LogP contribution is -2.14. The van der Waals surface area contributed by atoms with Gasteiger partial charge in [-0.05, 0) is 61.7 Å². The van der Waals surface area contributed by atoms with E-state index in [4.69, 9.17) is 0 Å². The Hall–Kier alpha value is -0.820. The van der Waals surface area contributed by atoms with Gasteiger partial charge in [0.25, 0.3) is 0 Å². The lowest BCUT2D eigenvalue weighted by molar-refractivity contribution is 0.470. The quantitative estimate of drug-likeness (QED) is 0.835. The Morgan fingerprint density at radius 2 is 1.88 bits per heavy atom. The zero-order valence-corrected chi connectivity index (χ0v) is 11.2. The van der Waals surface area contributed by atoms with Gasteiger partial charge in [0.1, 0.15) is 0 Å². The van der Waals surface area contributed by atoms with Crippen LogP contribution in [-0.4, -0.2) is 13.1 Å². The molecule has 0 aliphatic carbocycles. The van der Waals surface area contributed by atoms with Crippen LogP contribution in [0.3, 0.4) is 0 Å². The first kappa shape index (κ1) is 12.6. The minimum Gasteiger partial charge on any atom is -0.317 e. The maximum absolute atomic E-state index is 3.49. The summed E-state index contributed by atoms with van der Waals surface area (Å²) in [5.41, 5.74) is 2.97. The summed E-state index contributed by atoms with van der Waals surface area (Å²) >= 11 is 0. The highest BCUT2D eigenvalue weighted by atomic mass is 14.8. The van der Waals surface area contributed by atoms with E-state index in [2.05, 4.69) is 43.4 Å². The molecule has 94 valence electrons. The van der Waals surface area contributed by atoms with Gasteiger partial charge in [-0.1, -0.05) is 38.1 Å². The third-order valence-corrected chi connectivity index (χ3v) is 3.87. The van der Waals surface area contributed by atoms with E-state index in [9.17, 15) is 0 Å². The Balaban J connectivity index is 1.93. The van der Waals surface area contributed by atoms with Crippen LogP contribution in [0.4, 0.5) is 0 Å². The molecule has 17 heavy (non-hydrogen) atoms. The van der Waals surface area contributed by atoms with Gasteiger partial charge in [-0.2, -0.15) is 0 Å². The van der Waals surface area contributed by atoms with Gasteiger partial charge in [0.15, 0.2) is 0 Å². The molecule has 0 amide bonds. The molecule has 2 rings (SSSR count). The van der Waals surface area contributed by atoms with Crippen molar-refractivity contribution >= 4 is 0 Å². The van der Waals surface area contributed by atoms with Crippen molar-refractivity contribution in [2.75, 3.05) is 13.1 Å². The van der Waals surface area contributed by atoms with Crippen LogP contribution >= 0.6 is 0 Å². The SMILES string of the molecule is CC(C)c1ccc(CC2CCCNCC2)cc1. The van der Waals surface area contributed by atoms with Gasteiger partial charge in [0, 0.05) is 0 Å². The molecular weight excluding hydrogens is 206 g/mol. The molecule has 1 N–H and O–H groups in total. The average molecular weight is 231 g/mol.